The number of hydrazone groups is 1. The first-order chi connectivity index (χ1) is 12.2. The Hall–Kier alpha value is -3.36. The van der Waals surface area contributed by atoms with Crippen LogP contribution in [-0.4, -0.2) is 41.8 Å². The Labute approximate surface area is 149 Å². The van der Waals surface area contributed by atoms with E-state index in [1.54, 1.807) is 26.8 Å². The van der Waals surface area contributed by atoms with Crippen molar-refractivity contribution < 1.29 is 19.1 Å². The molecule has 0 fully saturated rings. The molecule has 2 aromatic rings. The molecule has 3 amide bonds. The molecule has 136 valence electrons. The van der Waals surface area contributed by atoms with Crippen molar-refractivity contribution in [3.63, 3.8) is 0 Å². The molecule has 26 heavy (non-hydrogen) atoms. The Balaban J connectivity index is 2.10. The van der Waals surface area contributed by atoms with Crippen LogP contribution in [0, 0.1) is 0 Å². The standard InChI is InChI=1S/C17H19N5O4/c1-17(2,3)26-16(25)20-8-5-9-12-10(7-19-22-14(9)23)13(15(24)18-4)21-11(12)6-8/h5-7,21H,1-4H3,(H,18,24)(H,20,25)(H,22,23). The van der Waals surface area contributed by atoms with Gasteiger partial charge >= 0.3 is 6.09 Å². The molecule has 0 bridgehead atoms. The number of amides is 3. The highest BCUT2D eigenvalue weighted by Crippen LogP contribution is 2.30. The van der Waals surface area contributed by atoms with Crippen molar-refractivity contribution in [3.8, 4) is 0 Å². The molecular weight excluding hydrogens is 338 g/mol. The lowest BCUT2D eigenvalue weighted by molar-refractivity contribution is 0.0635. The summed E-state index contributed by atoms with van der Waals surface area (Å²) >= 11 is 0. The van der Waals surface area contributed by atoms with Gasteiger partial charge in [0.15, 0.2) is 0 Å². The average Bonchev–Trinajstić information content (AvgIpc) is 2.81. The van der Waals surface area contributed by atoms with Crippen LogP contribution in [0.3, 0.4) is 0 Å². The van der Waals surface area contributed by atoms with Crippen LogP contribution in [0.2, 0.25) is 0 Å². The molecule has 1 aliphatic rings. The van der Waals surface area contributed by atoms with E-state index in [1.165, 1.54) is 19.3 Å². The predicted octanol–water partition coefficient (Wildman–Crippen LogP) is 1.95. The minimum Gasteiger partial charge on any atom is -0.444 e. The molecule has 0 saturated heterocycles. The fourth-order valence-electron chi connectivity index (χ4n) is 2.68. The van der Waals surface area contributed by atoms with E-state index in [4.69, 9.17) is 4.74 Å². The third-order valence-electron chi connectivity index (χ3n) is 3.64. The normalized spacial score (nSPS) is 13.2. The number of hydrogen-bond acceptors (Lipinski definition) is 5. The Morgan fingerprint density at radius 2 is 1.96 bits per heavy atom. The Morgan fingerprint density at radius 1 is 1.23 bits per heavy atom. The number of ether oxygens (including phenoxy) is 1. The number of carbonyl (C=O) groups is 3. The van der Waals surface area contributed by atoms with Crippen LogP contribution >= 0.6 is 0 Å². The zero-order chi connectivity index (χ0) is 19.1. The lowest BCUT2D eigenvalue weighted by Crippen LogP contribution is -2.27. The minimum atomic E-state index is -0.656. The quantitative estimate of drug-likeness (QED) is 0.655. The van der Waals surface area contributed by atoms with Gasteiger partial charge < -0.3 is 15.0 Å². The molecule has 0 unspecified atom stereocenters. The predicted molar refractivity (Wildman–Crippen MR) is 96.6 cm³/mol. The Morgan fingerprint density at radius 3 is 2.62 bits per heavy atom. The van der Waals surface area contributed by atoms with Crippen molar-refractivity contribution in [1.29, 1.82) is 0 Å². The van der Waals surface area contributed by atoms with Crippen molar-refractivity contribution >= 4 is 40.7 Å². The van der Waals surface area contributed by atoms with E-state index in [9.17, 15) is 14.4 Å². The molecule has 0 spiro atoms. The zero-order valence-corrected chi connectivity index (χ0v) is 14.8. The number of H-pyrrole nitrogens is 1. The van der Waals surface area contributed by atoms with Crippen LogP contribution in [-0.2, 0) is 4.74 Å². The average molecular weight is 357 g/mol. The van der Waals surface area contributed by atoms with E-state index in [1.807, 2.05) is 0 Å². The Kier molecular flexibility index (Phi) is 4.15. The number of aromatic nitrogens is 1. The van der Waals surface area contributed by atoms with Crippen LogP contribution in [0.25, 0.3) is 10.9 Å². The molecule has 9 heteroatoms. The van der Waals surface area contributed by atoms with Crippen molar-refractivity contribution in [1.82, 2.24) is 15.7 Å². The van der Waals surface area contributed by atoms with Gasteiger partial charge in [-0.05, 0) is 32.9 Å². The van der Waals surface area contributed by atoms with Gasteiger partial charge in [-0.2, -0.15) is 5.10 Å². The first-order valence-electron chi connectivity index (χ1n) is 7.95. The summed E-state index contributed by atoms with van der Waals surface area (Å²) in [5.41, 5.74) is 3.66. The summed E-state index contributed by atoms with van der Waals surface area (Å²) in [4.78, 5) is 39.4. The largest absolute Gasteiger partial charge is 0.444 e. The van der Waals surface area contributed by atoms with Gasteiger partial charge in [-0.25, -0.2) is 10.2 Å². The molecule has 9 nitrogen and oxygen atoms in total. The lowest BCUT2D eigenvalue weighted by Gasteiger charge is -2.19. The molecule has 1 aromatic carbocycles. The summed E-state index contributed by atoms with van der Waals surface area (Å²) in [5, 5.41) is 9.53. The van der Waals surface area contributed by atoms with E-state index in [0.717, 1.165) is 0 Å². The van der Waals surface area contributed by atoms with Gasteiger partial charge in [-0.15, -0.1) is 0 Å². The van der Waals surface area contributed by atoms with E-state index in [0.29, 0.717) is 22.2 Å². The highest BCUT2D eigenvalue weighted by molar-refractivity contribution is 6.19. The summed E-state index contributed by atoms with van der Waals surface area (Å²) < 4.78 is 5.23. The highest BCUT2D eigenvalue weighted by Gasteiger charge is 2.24. The molecule has 0 aliphatic carbocycles. The molecule has 0 saturated carbocycles. The molecule has 2 heterocycles. The van der Waals surface area contributed by atoms with Gasteiger partial charge in [-0.1, -0.05) is 0 Å². The topological polar surface area (TPSA) is 125 Å². The number of aromatic amines is 1. The first-order valence-corrected chi connectivity index (χ1v) is 7.95. The number of rotatable bonds is 2. The summed E-state index contributed by atoms with van der Waals surface area (Å²) in [6, 6.07) is 3.15. The molecule has 0 atom stereocenters. The second kappa shape index (κ2) is 6.17. The van der Waals surface area contributed by atoms with Gasteiger partial charge in [0.25, 0.3) is 11.8 Å². The number of nitrogens with zero attached hydrogens (tertiary/aromatic N) is 1. The first kappa shape index (κ1) is 17.5. The van der Waals surface area contributed by atoms with Gasteiger partial charge in [-0.3, -0.25) is 14.9 Å². The lowest BCUT2D eigenvalue weighted by atomic mass is 10.0. The maximum atomic E-state index is 12.3. The molecule has 1 aromatic heterocycles. The number of hydrogen-bond donors (Lipinski definition) is 4. The number of carbonyl (C=O) groups excluding carboxylic acids is 3. The molecular formula is C17H19N5O4. The highest BCUT2D eigenvalue weighted by atomic mass is 16.6. The zero-order valence-electron chi connectivity index (χ0n) is 14.8. The van der Waals surface area contributed by atoms with Gasteiger partial charge in [0.1, 0.15) is 11.3 Å². The van der Waals surface area contributed by atoms with Gasteiger partial charge in [0, 0.05) is 29.2 Å². The van der Waals surface area contributed by atoms with Crippen LogP contribution in [0.4, 0.5) is 10.5 Å². The van der Waals surface area contributed by atoms with Crippen molar-refractivity contribution in [2.24, 2.45) is 5.10 Å². The monoisotopic (exact) mass is 357 g/mol. The minimum absolute atomic E-state index is 0.276. The van der Waals surface area contributed by atoms with Crippen molar-refractivity contribution in [2.75, 3.05) is 12.4 Å². The fraction of sp³-hybridized carbons (Fsp3) is 0.294. The van der Waals surface area contributed by atoms with Crippen LogP contribution < -0.4 is 16.1 Å². The molecule has 0 radical (unpaired) electrons. The van der Waals surface area contributed by atoms with Crippen LogP contribution in [0.5, 0.6) is 0 Å². The van der Waals surface area contributed by atoms with E-state index >= 15 is 0 Å². The smallest absolute Gasteiger partial charge is 0.412 e. The van der Waals surface area contributed by atoms with E-state index in [-0.39, 0.29) is 17.2 Å². The summed E-state index contributed by atoms with van der Waals surface area (Å²) in [7, 11) is 1.51. The second-order valence-electron chi connectivity index (χ2n) is 6.77. The summed E-state index contributed by atoms with van der Waals surface area (Å²) in [6.07, 6.45) is 0.770. The number of anilines is 1. The van der Waals surface area contributed by atoms with Crippen LogP contribution in [0.15, 0.2) is 17.2 Å². The van der Waals surface area contributed by atoms with Crippen molar-refractivity contribution in [3.05, 3.63) is 29.0 Å². The molecule has 1 aliphatic heterocycles. The second-order valence-corrected chi connectivity index (χ2v) is 6.77. The van der Waals surface area contributed by atoms with E-state index < -0.39 is 17.6 Å². The maximum Gasteiger partial charge on any atom is 0.412 e. The van der Waals surface area contributed by atoms with E-state index in [2.05, 4.69) is 26.1 Å². The van der Waals surface area contributed by atoms with Gasteiger partial charge in [0.2, 0.25) is 0 Å². The maximum absolute atomic E-state index is 12.3. The summed E-state index contributed by atoms with van der Waals surface area (Å²) in [5.74, 6) is -0.787. The fourth-order valence-corrected chi connectivity index (χ4v) is 2.68. The Bertz CT molecular complexity index is 952. The van der Waals surface area contributed by atoms with Crippen molar-refractivity contribution in [2.45, 2.75) is 26.4 Å². The number of nitrogens with one attached hydrogen (secondary N) is 4. The van der Waals surface area contributed by atoms with Gasteiger partial charge in [0.05, 0.1) is 11.8 Å². The third kappa shape index (κ3) is 3.23. The SMILES string of the molecule is CNC(=O)c1[nH]c2cc(NC(=O)OC(C)(C)C)cc3c2c1C=NNC3=O. The molecule has 4 N–H and O–H groups in total. The van der Waals surface area contributed by atoms with Crippen LogP contribution in [0.1, 0.15) is 47.2 Å². The number of benzene rings is 1. The summed E-state index contributed by atoms with van der Waals surface area (Å²) in [6.45, 7) is 5.25. The third-order valence-corrected chi connectivity index (χ3v) is 3.64. The molecule has 3 rings (SSSR count).